The standard InChI is InChI=1S/C26H33FN4O4/c1-26(2,3)35-25(33)30-18(7-6-14-28)15-29-24(32)23-21(16-10-12-17(27)13-11-16)19-8-5-9-20(34-4)22(19)31-23/h5,8-13,18,31H,6-7,14-15,28H2,1-4H3,(H,29,32)(H,30,33)/t18-/m0/s1. The predicted molar refractivity (Wildman–Crippen MR) is 134 cm³/mol. The quantitative estimate of drug-likeness (QED) is 0.360. The first kappa shape index (κ1) is 26.0. The number of alkyl carbamates (subject to hydrolysis) is 1. The number of nitrogens with one attached hydrogen (secondary N) is 3. The van der Waals surface area contributed by atoms with Gasteiger partial charge in [0.15, 0.2) is 0 Å². The summed E-state index contributed by atoms with van der Waals surface area (Å²) in [4.78, 5) is 28.8. The third-order valence-corrected chi connectivity index (χ3v) is 5.36. The Balaban J connectivity index is 1.88. The van der Waals surface area contributed by atoms with Gasteiger partial charge < -0.3 is 30.8 Å². The summed E-state index contributed by atoms with van der Waals surface area (Å²) in [6.07, 6.45) is 0.679. The highest BCUT2D eigenvalue weighted by Crippen LogP contribution is 2.36. The third-order valence-electron chi connectivity index (χ3n) is 5.36. The van der Waals surface area contributed by atoms with E-state index in [9.17, 15) is 14.0 Å². The van der Waals surface area contributed by atoms with E-state index in [4.69, 9.17) is 15.2 Å². The van der Waals surface area contributed by atoms with Crippen LogP contribution in [0.5, 0.6) is 5.75 Å². The Morgan fingerprint density at radius 1 is 1.14 bits per heavy atom. The number of methoxy groups -OCH3 is 1. The number of amides is 2. The van der Waals surface area contributed by atoms with Crippen LogP contribution in [-0.4, -0.2) is 48.8 Å². The summed E-state index contributed by atoms with van der Waals surface area (Å²) in [5.74, 6) is -0.156. The average molecular weight is 485 g/mol. The summed E-state index contributed by atoms with van der Waals surface area (Å²) in [6, 6.07) is 11.1. The van der Waals surface area contributed by atoms with Crippen molar-refractivity contribution >= 4 is 22.9 Å². The molecule has 2 aromatic carbocycles. The maximum Gasteiger partial charge on any atom is 0.407 e. The number of H-pyrrole nitrogens is 1. The summed E-state index contributed by atoms with van der Waals surface area (Å²) >= 11 is 0. The molecule has 0 aliphatic carbocycles. The molecule has 1 aromatic heterocycles. The van der Waals surface area contributed by atoms with Crippen molar-refractivity contribution < 1.29 is 23.5 Å². The molecule has 1 heterocycles. The molecule has 2 amide bonds. The summed E-state index contributed by atoms with van der Waals surface area (Å²) in [5, 5.41) is 6.48. The van der Waals surface area contributed by atoms with E-state index >= 15 is 0 Å². The number of para-hydroxylation sites is 1. The Morgan fingerprint density at radius 3 is 2.49 bits per heavy atom. The van der Waals surface area contributed by atoms with Crippen LogP contribution in [0.3, 0.4) is 0 Å². The SMILES string of the molecule is COc1cccc2c(-c3ccc(F)cc3)c(C(=O)NC[C@H](CCCN)NC(=O)OC(C)(C)C)[nH]c12. The van der Waals surface area contributed by atoms with Crippen molar-refractivity contribution in [1.29, 1.82) is 0 Å². The van der Waals surface area contributed by atoms with Crippen molar-refractivity contribution in [3.05, 3.63) is 54.0 Å². The number of ether oxygens (including phenoxy) is 2. The molecule has 0 aliphatic heterocycles. The lowest BCUT2D eigenvalue weighted by Gasteiger charge is -2.24. The van der Waals surface area contributed by atoms with E-state index in [1.807, 2.05) is 12.1 Å². The fourth-order valence-corrected chi connectivity index (χ4v) is 3.82. The number of halogens is 1. The molecule has 35 heavy (non-hydrogen) atoms. The third kappa shape index (κ3) is 6.73. The first-order chi connectivity index (χ1) is 16.6. The van der Waals surface area contributed by atoms with Gasteiger partial charge in [-0.2, -0.15) is 0 Å². The average Bonchev–Trinajstić information content (AvgIpc) is 3.19. The highest BCUT2D eigenvalue weighted by molar-refractivity contribution is 6.11. The van der Waals surface area contributed by atoms with Gasteiger partial charge in [0.25, 0.3) is 5.91 Å². The van der Waals surface area contributed by atoms with Gasteiger partial charge in [0.1, 0.15) is 22.9 Å². The van der Waals surface area contributed by atoms with Gasteiger partial charge in [-0.3, -0.25) is 4.79 Å². The van der Waals surface area contributed by atoms with Gasteiger partial charge >= 0.3 is 6.09 Å². The van der Waals surface area contributed by atoms with Crippen LogP contribution in [0, 0.1) is 5.82 Å². The van der Waals surface area contributed by atoms with Crippen LogP contribution in [0.15, 0.2) is 42.5 Å². The molecule has 0 bridgehead atoms. The lowest BCUT2D eigenvalue weighted by molar-refractivity contribution is 0.0498. The molecule has 0 radical (unpaired) electrons. The minimum absolute atomic E-state index is 0.174. The van der Waals surface area contributed by atoms with Gasteiger partial charge in [-0.15, -0.1) is 0 Å². The van der Waals surface area contributed by atoms with Crippen molar-refractivity contribution in [3.63, 3.8) is 0 Å². The van der Waals surface area contributed by atoms with E-state index in [1.165, 1.54) is 12.1 Å². The van der Waals surface area contributed by atoms with E-state index < -0.39 is 11.7 Å². The zero-order chi connectivity index (χ0) is 25.6. The lowest BCUT2D eigenvalue weighted by atomic mass is 10.0. The minimum atomic E-state index is -0.640. The van der Waals surface area contributed by atoms with Crippen molar-refractivity contribution in [2.45, 2.75) is 45.3 Å². The number of hydrogen-bond donors (Lipinski definition) is 4. The molecule has 3 rings (SSSR count). The number of nitrogens with two attached hydrogens (primary N) is 1. The van der Waals surface area contributed by atoms with E-state index in [0.29, 0.717) is 47.5 Å². The molecule has 0 saturated carbocycles. The Hall–Kier alpha value is -3.59. The normalized spacial score (nSPS) is 12.3. The van der Waals surface area contributed by atoms with Gasteiger partial charge in [0.05, 0.1) is 12.6 Å². The molecule has 9 heteroatoms. The number of carbonyl (C=O) groups is 2. The van der Waals surface area contributed by atoms with E-state index in [-0.39, 0.29) is 24.3 Å². The smallest absolute Gasteiger partial charge is 0.407 e. The highest BCUT2D eigenvalue weighted by atomic mass is 19.1. The van der Waals surface area contributed by atoms with Crippen molar-refractivity contribution in [2.24, 2.45) is 5.73 Å². The number of rotatable bonds is 9. The fraction of sp³-hybridized carbons (Fsp3) is 0.385. The van der Waals surface area contributed by atoms with Gasteiger partial charge in [0.2, 0.25) is 0 Å². The van der Waals surface area contributed by atoms with E-state index in [1.54, 1.807) is 46.1 Å². The van der Waals surface area contributed by atoms with Crippen molar-refractivity contribution in [3.8, 4) is 16.9 Å². The number of aromatic amines is 1. The largest absolute Gasteiger partial charge is 0.495 e. The molecule has 0 spiro atoms. The monoisotopic (exact) mass is 484 g/mol. The van der Waals surface area contributed by atoms with Crippen LogP contribution in [0.25, 0.3) is 22.0 Å². The molecule has 0 unspecified atom stereocenters. The molecular formula is C26H33FN4O4. The molecule has 0 saturated heterocycles. The van der Waals surface area contributed by atoms with Gasteiger partial charge in [-0.05, 0) is 63.9 Å². The fourth-order valence-electron chi connectivity index (χ4n) is 3.82. The molecule has 1 atom stereocenters. The molecule has 0 aliphatic rings. The second-order valence-electron chi connectivity index (χ2n) is 9.25. The lowest BCUT2D eigenvalue weighted by Crippen LogP contribution is -2.45. The van der Waals surface area contributed by atoms with Crippen LogP contribution in [0.1, 0.15) is 44.1 Å². The Bertz CT molecular complexity index is 1170. The first-order valence-electron chi connectivity index (χ1n) is 11.6. The van der Waals surface area contributed by atoms with E-state index in [0.717, 1.165) is 5.39 Å². The van der Waals surface area contributed by atoms with Gasteiger partial charge in [-0.25, -0.2) is 9.18 Å². The Morgan fingerprint density at radius 2 is 1.86 bits per heavy atom. The number of hydrogen-bond acceptors (Lipinski definition) is 5. The first-order valence-corrected chi connectivity index (χ1v) is 11.6. The summed E-state index contributed by atoms with van der Waals surface area (Å²) in [5.41, 5.74) is 7.29. The summed E-state index contributed by atoms with van der Waals surface area (Å²) in [6.45, 7) is 5.98. The second kappa shape index (κ2) is 11.2. The van der Waals surface area contributed by atoms with Crippen LogP contribution in [-0.2, 0) is 4.74 Å². The molecule has 3 aromatic rings. The Labute approximate surface area is 204 Å². The number of carbonyl (C=O) groups excluding carboxylic acids is 2. The van der Waals surface area contributed by atoms with Crippen molar-refractivity contribution in [2.75, 3.05) is 20.2 Å². The maximum atomic E-state index is 13.6. The number of aromatic nitrogens is 1. The minimum Gasteiger partial charge on any atom is -0.495 e. The number of benzene rings is 2. The topological polar surface area (TPSA) is 118 Å². The molecule has 0 fully saturated rings. The van der Waals surface area contributed by atoms with Crippen LogP contribution < -0.4 is 21.1 Å². The van der Waals surface area contributed by atoms with E-state index in [2.05, 4.69) is 15.6 Å². The zero-order valence-corrected chi connectivity index (χ0v) is 20.5. The summed E-state index contributed by atoms with van der Waals surface area (Å²) < 4.78 is 24.4. The van der Waals surface area contributed by atoms with Crippen molar-refractivity contribution in [1.82, 2.24) is 15.6 Å². The van der Waals surface area contributed by atoms with Crippen LogP contribution in [0.2, 0.25) is 0 Å². The molecule has 188 valence electrons. The summed E-state index contributed by atoms with van der Waals surface area (Å²) in [7, 11) is 1.55. The highest BCUT2D eigenvalue weighted by Gasteiger charge is 2.23. The van der Waals surface area contributed by atoms with Crippen LogP contribution in [0.4, 0.5) is 9.18 Å². The van der Waals surface area contributed by atoms with Gasteiger partial charge in [-0.1, -0.05) is 24.3 Å². The van der Waals surface area contributed by atoms with Gasteiger partial charge in [0, 0.05) is 23.5 Å². The zero-order valence-electron chi connectivity index (χ0n) is 20.5. The second-order valence-corrected chi connectivity index (χ2v) is 9.25. The maximum absolute atomic E-state index is 13.6. The number of fused-ring (bicyclic) bond motifs is 1. The van der Waals surface area contributed by atoms with Crippen LogP contribution >= 0.6 is 0 Å². The predicted octanol–water partition coefficient (Wildman–Crippen LogP) is 4.34. The Kier molecular flexibility index (Phi) is 8.34. The molecular weight excluding hydrogens is 451 g/mol. The molecule has 8 nitrogen and oxygen atoms in total. The molecule has 5 N–H and O–H groups in total.